The van der Waals surface area contributed by atoms with Crippen LogP contribution in [-0.2, 0) is 13.0 Å². The lowest BCUT2D eigenvalue weighted by Crippen LogP contribution is -2.34. The van der Waals surface area contributed by atoms with E-state index in [0.29, 0.717) is 35.4 Å². The summed E-state index contributed by atoms with van der Waals surface area (Å²) in [5.41, 5.74) is 0.811. The van der Waals surface area contributed by atoms with Crippen molar-refractivity contribution in [2.75, 3.05) is 6.54 Å². The molecular formula is C20H19ClN2O3. The lowest BCUT2D eigenvalue weighted by atomic mass is 10.1. The number of hydrogen-bond donors (Lipinski definition) is 2. The molecule has 0 bridgehead atoms. The van der Waals surface area contributed by atoms with Crippen molar-refractivity contribution < 1.29 is 9.90 Å². The van der Waals surface area contributed by atoms with Gasteiger partial charge in [-0.15, -0.1) is 0 Å². The standard InChI is InChI=1S/C20H19ClN2O3/c1-2-23-16-12-14(21)8-9-15(16)18(24)17(20(23)26)19(25)22-11-10-13-6-4-3-5-7-13/h3-9,12,24H,2,10-11H2,1H3,(H,22,25). The van der Waals surface area contributed by atoms with Gasteiger partial charge in [0.2, 0.25) is 0 Å². The minimum absolute atomic E-state index is 0.241. The third kappa shape index (κ3) is 3.44. The molecule has 0 saturated heterocycles. The Balaban J connectivity index is 1.92. The normalized spacial score (nSPS) is 10.8. The van der Waals surface area contributed by atoms with E-state index >= 15 is 0 Å². The van der Waals surface area contributed by atoms with Gasteiger partial charge in [0.15, 0.2) is 0 Å². The number of hydrogen-bond acceptors (Lipinski definition) is 3. The average Bonchev–Trinajstić information content (AvgIpc) is 2.63. The van der Waals surface area contributed by atoms with Crippen molar-refractivity contribution in [1.82, 2.24) is 9.88 Å². The van der Waals surface area contributed by atoms with Crippen molar-refractivity contribution in [2.45, 2.75) is 19.9 Å². The summed E-state index contributed by atoms with van der Waals surface area (Å²) in [6.45, 7) is 2.53. The summed E-state index contributed by atoms with van der Waals surface area (Å²) >= 11 is 6.01. The number of halogens is 1. The fourth-order valence-corrected chi connectivity index (χ4v) is 3.15. The second-order valence-electron chi connectivity index (χ2n) is 5.93. The SMILES string of the molecule is CCn1c(=O)c(C(=O)NCCc2ccccc2)c(O)c2ccc(Cl)cc21. The summed E-state index contributed by atoms with van der Waals surface area (Å²) in [5, 5.41) is 14.1. The van der Waals surface area contributed by atoms with Crippen molar-refractivity contribution in [3.05, 3.63) is 75.0 Å². The number of rotatable bonds is 5. The first-order valence-corrected chi connectivity index (χ1v) is 8.78. The predicted octanol–water partition coefficient (Wildman–Crippen LogP) is 3.35. The molecule has 3 rings (SSSR count). The number of carbonyl (C=O) groups is 1. The van der Waals surface area contributed by atoms with Gasteiger partial charge in [-0.3, -0.25) is 9.59 Å². The minimum atomic E-state index is -0.581. The van der Waals surface area contributed by atoms with E-state index < -0.39 is 11.5 Å². The van der Waals surface area contributed by atoms with Crippen LogP contribution in [0.4, 0.5) is 0 Å². The molecule has 0 radical (unpaired) electrons. The minimum Gasteiger partial charge on any atom is -0.506 e. The number of aryl methyl sites for hydroxylation is 1. The highest BCUT2D eigenvalue weighted by molar-refractivity contribution is 6.31. The first-order chi connectivity index (χ1) is 12.5. The van der Waals surface area contributed by atoms with Crippen LogP contribution in [0.3, 0.4) is 0 Å². The molecule has 5 nitrogen and oxygen atoms in total. The van der Waals surface area contributed by atoms with Gasteiger partial charge in [0.25, 0.3) is 11.5 Å². The number of pyridine rings is 1. The zero-order valence-corrected chi connectivity index (χ0v) is 15.1. The summed E-state index contributed by atoms with van der Waals surface area (Å²) in [6.07, 6.45) is 0.637. The summed E-state index contributed by atoms with van der Waals surface area (Å²) in [6, 6.07) is 14.5. The number of fused-ring (bicyclic) bond motifs is 1. The van der Waals surface area contributed by atoms with Gasteiger partial charge in [-0.1, -0.05) is 41.9 Å². The van der Waals surface area contributed by atoms with Crippen LogP contribution in [0, 0.1) is 0 Å². The molecular weight excluding hydrogens is 352 g/mol. The third-order valence-corrected chi connectivity index (χ3v) is 4.52. The smallest absolute Gasteiger partial charge is 0.267 e. The molecule has 134 valence electrons. The Kier molecular flexibility index (Phi) is 5.28. The summed E-state index contributed by atoms with van der Waals surface area (Å²) in [7, 11) is 0. The largest absolute Gasteiger partial charge is 0.506 e. The molecule has 3 aromatic rings. The van der Waals surface area contributed by atoms with Crippen molar-refractivity contribution in [3.63, 3.8) is 0 Å². The van der Waals surface area contributed by atoms with E-state index in [1.165, 1.54) is 4.57 Å². The van der Waals surface area contributed by atoms with Gasteiger partial charge in [0.05, 0.1) is 5.52 Å². The second kappa shape index (κ2) is 7.62. The number of nitrogens with zero attached hydrogens (tertiary/aromatic N) is 1. The van der Waals surface area contributed by atoms with Crippen LogP contribution in [0.1, 0.15) is 22.8 Å². The maximum absolute atomic E-state index is 12.7. The van der Waals surface area contributed by atoms with E-state index in [-0.39, 0.29) is 11.3 Å². The fraction of sp³-hybridized carbons (Fsp3) is 0.200. The summed E-state index contributed by atoms with van der Waals surface area (Å²) in [5.74, 6) is -0.897. The Morgan fingerprint density at radius 3 is 2.62 bits per heavy atom. The summed E-state index contributed by atoms with van der Waals surface area (Å²) < 4.78 is 1.44. The van der Waals surface area contributed by atoms with Crippen LogP contribution >= 0.6 is 11.6 Å². The molecule has 0 spiro atoms. The first kappa shape index (κ1) is 18.0. The number of nitrogens with one attached hydrogen (secondary N) is 1. The maximum atomic E-state index is 12.7. The molecule has 2 N–H and O–H groups in total. The Labute approximate surface area is 155 Å². The van der Waals surface area contributed by atoms with Gasteiger partial charge in [0.1, 0.15) is 11.3 Å². The monoisotopic (exact) mass is 370 g/mol. The Morgan fingerprint density at radius 1 is 1.19 bits per heavy atom. The van der Waals surface area contributed by atoms with Crippen LogP contribution in [0.15, 0.2) is 53.3 Å². The zero-order chi connectivity index (χ0) is 18.7. The molecule has 1 heterocycles. The van der Waals surface area contributed by atoms with E-state index in [0.717, 1.165) is 5.56 Å². The lowest BCUT2D eigenvalue weighted by Gasteiger charge is -2.14. The number of amides is 1. The zero-order valence-electron chi connectivity index (χ0n) is 14.3. The van der Waals surface area contributed by atoms with Crippen molar-refractivity contribution in [3.8, 4) is 5.75 Å². The van der Waals surface area contributed by atoms with Gasteiger partial charge in [0, 0.05) is 23.5 Å². The number of aromatic hydroxyl groups is 1. The third-order valence-electron chi connectivity index (χ3n) is 4.29. The highest BCUT2D eigenvalue weighted by Gasteiger charge is 2.21. The van der Waals surface area contributed by atoms with Gasteiger partial charge >= 0.3 is 0 Å². The van der Waals surface area contributed by atoms with Crippen LogP contribution < -0.4 is 10.9 Å². The highest BCUT2D eigenvalue weighted by atomic mass is 35.5. The van der Waals surface area contributed by atoms with E-state index in [2.05, 4.69) is 5.32 Å². The number of carbonyl (C=O) groups excluding carboxylic acids is 1. The van der Waals surface area contributed by atoms with Crippen LogP contribution in [0.25, 0.3) is 10.9 Å². The molecule has 2 aromatic carbocycles. The van der Waals surface area contributed by atoms with E-state index in [1.807, 2.05) is 30.3 Å². The van der Waals surface area contributed by atoms with Crippen molar-refractivity contribution in [1.29, 1.82) is 0 Å². The molecule has 0 aliphatic heterocycles. The van der Waals surface area contributed by atoms with E-state index in [4.69, 9.17) is 11.6 Å². The van der Waals surface area contributed by atoms with Crippen LogP contribution in [-0.4, -0.2) is 22.1 Å². The molecule has 0 atom stereocenters. The highest BCUT2D eigenvalue weighted by Crippen LogP contribution is 2.28. The van der Waals surface area contributed by atoms with Crippen molar-refractivity contribution >= 4 is 28.4 Å². The van der Waals surface area contributed by atoms with E-state index in [9.17, 15) is 14.7 Å². The summed E-state index contributed by atoms with van der Waals surface area (Å²) in [4.78, 5) is 25.3. The molecule has 0 saturated carbocycles. The van der Waals surface area contributed by atoms with Gasteiger partial charge < -0.3 is 15.0 Å². The lowest BCUT2D eigenvalue weighted by molar-refractivity contribution is 0.0949. The predicted molar refractivity (Wildman–Crippen MR) is 103 cm³/mol. The molecule has 1 amide bonds. The first-order valence-electron chi connectivity index (χ1n) is 8.40. The maximum Gasteiger partial charge on any atom is 0.267 e. The molecule has 0 unspecified atom stereocenters. The number of benzene rings is 2. The average molecular weight is 371 g/mol. The van der Waals surface area contributed by atoms with Gasteiger partial charge in [-0.2, -0.15) is 0 Å². The van der Waals surface area contributed by atoms with Gasteiger partial charge in [-0.05, 0) is 37.1 Å². The van der Waals surface area contributed by atoms with Crippen LogP contribution in [0.2, 0.25) is 5.02 Å². The Hall–Kier alpha value is -2.79. The fourth-order valence-electron chi connectivity index (χ4n) is 2.98. The molecule has 0 aliphatic carbocycles. The van der Waals surface area contributed by atoms with Crippen molar-refractivity contribution in [2.24, 2.45) is 0 Å². The molecule has 0 fully saturated rings. The topological polar surface area (TPSA) is 71.3 Å². The molecule has 0 aliphatic rings. The molecule has 26 heavy (non-hydrogen) atoms. The number of aromatic nitrogens is 1. The Morgan fingerprint density at radius 2 is 1.92 bits per heavy atom. The quantitative estimate of drug-likeness (QED) is 0.723. The Bertz CT molecular complexity index is 1010. The van der Waals surface area contributed by atoms with E-state index in [1.54, 1.807) is 25.1 Å². The van der Waals surface area contributed by atoms with Crippen LogP contribution in [0.5, 0.6) is 5.75 Å². The molecule has 6 heteroatoms. The van der Waals surface area contributed by atoms with Gasteiger partial charge in [-0.25, -0.2) is 0 Å². The molecule has 1 aromatic heterocycles. The second-order valence-corrected chi connectivity index (χ2v) is 6.36.